The van der Waals surface area contributed by atoms with Crippen molar-refractivity contribution in [2.24, 2.45) is 0 Å². The van der Waals surface area contributed by atoms with Gasteiger partial charge in [0.2, 0.25) is 0 Å². The van der Waals surface area contributed by atoms with Crippen molar-refractivity contribution in [1.29, 1.82) is 0 Å². The molecule has 0 radical (unpaired) electrons. The molecule has 2 aliphatic rings. The smallest absolute Gasteiger partial charge is 0.322 e. The first-order valence-electron chi connectivity index (χ1n) is 12.3. The van der Waals surface area contributed by atoms with E-state index >= 15 is 0 Å². The van der Waals surface area contributed by atoms with E-state index in [1.54, 1.807) is 6.07 Å². The first-order chi connectivity index (χ1) is 16.8. The second kappa shape index (κ2) is 13.3. The van der Waals surface area contributed by atoms with E-state index in [2.05, 4.69) is 38.6 Å². The number of esters is 1. The van der Waals surface area contributed by atoms with Gasteiger partial charge in [0.15, 0.2) is 0 Å². The Morgan fingerprint density at radius 1 is 1.00 bits per heavy atom. The Labute approximate surface area is 222 Å². The maximum Gasteiger partial charge on any atom is 0.322 e. The van der Waals surface area contributed by atoms with Crippen LogP contribution < -0.4 is 4.74 Å². The molecular formula is C31H43O6+. The summed E-state index contributed by atoms with van der Waals surface area (Å²) in [6.07, 6.45) is 6.47. The molecule has 0 amide bonds. The molecule has 202 valence electrons. The third kappa shape index (κ3) is 8.91. The first-order valence-corrected chi connectivity index (χ1v) is 12.3. The number of aromatic hydroxyl groups is 1. The Kier molecular flexibility index (Phi) is 11.3. The zero-order valence-electron chi connectivity index (χ0n) is 22.4. The van der Waals surface area contributed by atoms with E-state index in [1.807, 2.05) is 39.8 Å². The highest BCUT2D eigenvalue weighted by Gasteiger charge is 2.43. The van der Waals surface area contributed by atoms with E-state index in [1.165, 1.54) is 16.7 Å². The van der Waals surface area contributed by atoms with Gasteiger partial charge in [-0.15, -0.1) is 0 Å². The third-order valence-electron chi connectivity index (χ3n) is 6.99. The number of carboxylic acid groups (broad SMARTS) is 1. The molecule has 6 heteroatoms. The van der Waals surface area contributed by atoms with Crippen LogP contribution in [-0.4, -0.2) is 33.4 Å². The van der Waals surface area contributed by atoms with Crippen LogP contribution in [0, 0.1) is 33.8 Å². The number of carboxylic acids is 1. The quantitative estimate of drug-likeness (QED) is 0.340. The SMILES string of the molecule is C.C=[C+]C1(C)CCC(=O)O1.Cc1ccc2c(c1C)OC(C)(CCC(=O)O)CC2.Cc1cccc(O)c1C. The number of hydrogen-bond donors (Lipinski definition) is 2. The summed E-state index contributed by atoms with van der Waals surface area (Å²) in [5.74, 6) is 0.448. The number of aliphatic carboxylic acids is 1. The lowest BCUT2D eigenvalue weighted by atomic mass is 9.87. The maximum atomic E-state index is 10.7. The molecule has 0 aliphatic carbocycles. The minimum Gasteiger partial charge on any atom is -0.508 e. The number of rotatable bonds is 4. The van der Waals surface area contributed by atoms with Gasteiger partial charge < -0.3 is 19.7 Å². The number of cyclic esters (lactones) is 1. The van der Waals surface area contributed by atoms with Crippen molar-refractivity contribution in [2.45, 2.75) is 98.7 Å². The third-order valence-corrected chi connectivity index (χ3v) is 6.99. The lowest BCUT2D eigenvalue weighted by molar-refractivity contribution is -0.144. The summed E-state index contributed by atoms with van der Waals surface area (Å²) < 4.78 is 11.0. The fraction of sp³-hybridized carbons (Fsp3) is 0.484. The predicted molar refractivity (Wildman–Crippen MR) is 147 cm³/mol. The summed E-state index contributed by atoms with van der Waals surface area (Å²) in [7, 11) is 0. The summed E-state index contributed by atoms with van der Waals surface area (Å²) in [5, 5.41) is 17.9. The largest absolute Gasteiger partial charge is 0.508 e. The average Bonchev–Trinajstić information content (AvgIpc) is 3.19. The molecule has 0 aromatic heterocycles. The number of fused-ring (bicyclic) bond motifs is 1. The molecule has 1 fully saturated rings. The number of carbonyl (C=O) groups is 2. The fourth-order valence-corrected chi connectivity index (χ4v) is 3.98. The van der Waals surface area contributed by atoms with Crippen LogP contribution in [0.1, 0.15) is 81.2 Å². The van der Waals surface area contributed by atoms with Gasteiger partial charge in [-0.1, -0.05) is 31.7 Å². The van der Waals surface area contributed by atoms with Crippen LogP contribution in [0.15, 0.2) is 36.9 Å². The molecule has 2 unspecified atom stereocenters. The Morgan fingerprint density at radius 3 is 2.14 bits per heavy atom. The standard InChI is InChI=1S/C15H20O3.C8H10O.C7H9O2.CH4/c1-10-4-5-12-6-8-15(3,9-7-13(16)17)18-14(12)11(10)2;1-6-4-3-5-8(9)7(6)2;1-3-7(2)5-4-6(8)9-7;/h4-5H,6-9H2,1-3H3,(H,16,17);3-5,9H,1-2H3;1,4-5H2,2H3;1H4/q;;+1;. The van der Waals surface area contributed by atoms with E-state index < -0.39 is 11.6 Å². The number of aryl methyl sites for hydroxylation is 3. The molecule has 2 heterocycles. The van der Waals surface area contributed by atoms with Crippen molar-refractivity contribution >= 4 is 11.9 Å². The van der Waals surface area contributed by atoms with Crippen molar-refractivity contribution in [3.63, 3.8) is 0 Å². The van der Waals surface area contributed by atoms with E-state index in [0.29, 0.717) is 18.6 Å². The van der Waals surface area contributed by atoms with Gasteiger partial charge in [0.1, 0.15) is 23.7 Å². The van der Waals surface area contributed by atoms with E-state index in [9.17, 15) is 9.59 Å². The lowest BCUT2D eigenvalue weighted by Gasteiger charge is -2.36. The second-order valence-corrected chi connectivity index (χ2v) is 10.0. The molecule has 2 atom stereocenters. The molecule has 0 bridgehead atoms. The Balaban J connectivity index is 0.000000304. The van der Waals surface area contributed by atoms with Gasteiger partial charge in [-0.2, -0.15) is 0 Å². The minimum absolute atomic E-state index is 0. The molecule has 1 saturated heterocycles. The Morgan fingerprint density at radius 2 is 1.65 bits per heavy atom. The number of phenols is 1. The first kappa shape index (κ1) is 31.7. The number of ether oxygens (including phenoxy) is 2. The predicted octanol–water partition coefficient (Wildman–Crippen LogP) is 6.97. The zero-order valence-corrected chi connectivity index (χ0v) is 22.4. The van der Waals surface area contributed by atoms with Crippen molar-refractivity contribution < 1.29 is 29.3 Å². The number of benzene rings is 2. The van der Waals surface area contributed by atoms with Crippen molar-refractivity contribution in [3.05, 3.63) is 70.8 Å². The van der Waals surface area contributed by atoms with Crippen molar-refractivity contribution in [2.75, 3.05) is 0 Å². The number of phenolic OH excluding ortho intramolecular Hbond substituents is 1. The molecule has 6 nitrogen and oxygen atoms in total. The van der Waals surface area contributed by atoms with Gasteiger partial charge >= 0.3 is 17.5 Å². The van der Waals surface area contributed by atoms with Crippen LogP contribution in [0.2, 0.25) is 0 Å². The summed E-state index contributed by atoms with van der Waals surface area (Å²) in [6.45, 7) is 15.3. The van der Waals surface area contributed by atoms with Crippen LogP contribution >= 0.6 is 0 Å². The normalized spacial score (nSPS) is 21.3. The molecule has 0 spiro atoms. The summed E-state index contributed by atoms with van der Waals surface area (Å²) in [6, 6.07) is 9.76. The summed E-state index contributed by atoms with van der Waals surface area (Å²) >= 11 is 0. The number of hydrogen-bond acceptors (Lipinski definition) is 5. The van der Waals surface area contributed by atoms with Crippen LogP contribution in [0.25, 0.3) is 0 Å². The second-order valence-electron chi connectivity index (χ2n) is 10.0. The van der Waals surface area contributed by atoms with E-state index in [0.717, 1.165) is 36.1 Å². The average molecular weight is 512 g/mol. The highest BCUT2D eigenvalue weighted by molar-refractivity contribution is 5.72. The molecule has 2 aliphatic heterocycles. The maximum absolute atomic E-state index is 10.7. The Hall–Kier alpha value is -3.37. The van der Waals surface area contributed by atoms with Gasteiger partial charge in [0.25, 0.3) is 6.08 Å². The summed E-state index contributed by atoms with van der Waals surface area (Å²) in [5.41, 5.74) is 4.89. The molecule has 0 saturated carbocycles. The van der Waals surface area contributed by atoms with E-state index in [-0.39, 0.29) is 25.4 Å². The zero-order chi connectivity index (χ0) is 27.1. The van der Waals surface area contributed by atoms with Gasteiger partial charge in [-0.05, 0) is 87.8 Å². The van der Waals surface area contributed by atoms with Crippen molar-refractivity contribution in [1.82, 2.24) is 0 Å². The highest BCUT2D eigenvalue weighted by Crippen LogP contribution is 2.38. The molecule has 2 N–H and O–H groups in total. The fourth-order valence-electron chi connectivity index (χ4n) is 3.98. The van der Waals surface area contributed by atoms with Gasteiger partial charge in [0, 0.05) is 13.3 Å². The summed E-state index contributed by atoms with van der Waals surface area (Å²) in [4.78, 5) is 21.2. The van der Waals surface area contributed by atoms with Crippen molar-refractivity contribution in [3.8, 4) is 11.5 Å². The molecule has 4 rings (SSSR count). The van der Waals surface area contributed by atoms with E-state index in [4.69, 9.17) is 19.7 Å². The van der Waals surface area contributed by atoms with Gasteiger partial charge in [-0.3, -0.25) is 9.59 Å². The molecule has 37 heavy (non-hydrogen) atoms. The molecular weight excluding hydrogens is 468 g/mol. The molecule has 2 aromatic carbocycles. The number of carbonyl (C=O) groups excluding carboxylic acids is 1. The Bertz CT molecular complexity index is 1080. The topological polar surface area (TPSA) is 93.1 Å². The van der Waals surface area contributed by atoms with Gasteiger partial charge in [0.05, 0.1) is 12.8 Å². The van der Waals surface area contributed by atoms with Crippen LogP contribution in [0.3, 0.4) is 0 Å². The molecule has 2 aromatic rings. The van der Waals surface area contributed by atoms with Gasteiger partial charge in [-0.25, -0.2) is 0 Å². The minimum atomic E-state index is -0.758. The monoisotopic (exact) mass is 511 g/mol. The van der Waals surface area contributed by atoms with Crippen LogP contribution in [0.5, 0.6) is 11.5 Å². The van der Waals surface area contributed by atoms with Crippen LogP contribution in [0.4, 0.5) is 0 Å². The lowest BCUT2D eigenvalue weighted by Crippen LogP contribution is -2.37. The highest BCUT2D eigenvalue weighted by atomic mass is 16.6. The van der Waals surface area contributed by atoms with Crippen LogP contribution in [-0.2, 0) is 20.7 Å².